The molecular formula is C26H39FN8O. The summed E-state index contributed by atoms with van der Waals surface area (Å²) in [6, 6.07) is -0.0247. The Morgan fingerprint density at radius 1 is 1.36 bits per heavy atom. The molecule has 2 unspecified atom stereocenters. The summed E-state index contributed by atoms with van der Waals surface area (Å²) in [5, 5.41) is 14.1. The molecule has 7 N–H and O–H groups in total. The zero-order valence-electron chi connectivity index (χ0n) is 21.4. The van der Waals surface area contributed by atoms with Crippen LogP contribution in [0.5, 0.6) is 0 Å². The van der Waals surface area contributed by atoms with E-state index in [4.69, 9.17) is 26.6 Å². The molecule has 3 aliphatic heterocycles. The maximum absolute atomic E-state index is 14.4. The van der Waals surface area contributed by atoms with Gasteiger partial charge < -0.3 is 37.1 Å². The molecule has 0 saturated carbocycles. The fraction of sp³-hybridized carbons (Fsp3) is 0.462. The molecule has 196 valence electrons. The molecule has 0 aliphatic carbocycles. The molecule has 2 atom stereocenters. The minimum absolute atomic E-state index is 0.0247. The van der Waals surface area contributed by atoms with Crippen LogP contribution >= 0.6 is 0 Å². The van der Waals surface area contributed by atoms with Crippen LogP contribution in [-0.4, -0.2) is 80.5 Å². The number of amidine groups is 1. The van der Waals surface area contributed by atoms with Gasteiger partial charge in [-0.1, -0.05) is 19.9 Å². The molecule has 0 radical (unpaired) electrons. The lowest BCUT2D eigenvalue weighted by molar-refractivity contribution is 0.0274. The summed E-state index contributed by atoms with van der Waals surface area (Å²) >= 11 is 0. The normalized spacial score (nSPS) is 22.5. The SMILES string of the molecule is CC(C)C(=C/N)/C=C(\N)NC1=NC2=CC(/C(C=N)=C/NCC(F)CN3CCOCC3)=CN(C)C2C=C1. The van der Waals surface area contributed by atoms with Crippen molar-refractivity contribution in [1.29, 1.82) is 5.41 Å². The Hall–Kier alpha value is -3.37. The van der Waals surface area contributed by atoms with Crippen LogP contribution in [0.25, 0.3) is 0 Å². The monoisotopic (exact) mass is 498 g/mol. The van der Waals surface area contributed by atoms with E-state index in [1.54, 1.807) is 18.5 Å². The van der Waals surface area contributed by atoms with Crippen molar-refractivity contribution in [2.24, 2.45) is 22.4 Å². The zero-order chi connectivity index (χ0) is 26.1. The number of allylic oxidation sites excluding steroid dienone is 5. The first-order valence-electron chi connectivity index (χ1n) is 12.3. The third kappa shape index (κ3) is 7.56. The second kappa shape index (κ2) is 13.1. The summed E-state index contributed by atoms with van der Waals surface area (Å²) in [5.74, 6) is 1.31. The van der Waals surface area contributed by atoms with Gasteiger partial charge in [-0.3, -0.25) is 4.90 Å². The van der Waals surface area contributed by atoms with Gasteiger partial charge in [0, 0.05) is 63.0 Å². The second-order valence-corrected chi connectivity index (χ2v) is 9.33. The quantitative estimate of drug-likeness (QED) is 0.229. The minimum Gasteiger partial charge on any atom is -0.404 e. The largest absolute Gasteiger partial charge is 0.404 e. The lowest BCUT2D eigenvalue weighted by atomic mass is 9.99. The van der Waals surface area contributed by atoms with Crippen LogP contribution in [0, 0.1) is 11.3 Å². The maximum Gasteiger partial charge on any atom is 0.131 e. The van der Waals surface area contributed by atoms with Crippen molar-refractivity contribution in [3.63, 3.8) is 0 Å². The summed E-state index contributed by atoms with van der Waals surface area (Å²) in [7, 11) is 1.96. The van der Waals surface area contributed by atoms with Gasteiger partial charge in [0.1, 0.15) is 17.8 Å². The topological polar surface area (TPSA) is 128 Å². The van der Waals surface area contributed by atoms with Gasteiger partial charge in [-0.15, -0.1) is 0 Å². The van der Waals surface area contributed by atoms with Crippen LogP contribution in [0.15, 0.2) is 76.1 Å². The summed E-state index contributed by atoms with van der Waals surface area (Å²) in [5.41, 5.74) is 15.0. The van der Waals surface area contributed by atoms with Crippen LogP contribution in [-0.2, 0) is 4.74 Å². The Morgan fingerprint density at radius 2 is 2.11 bits per heavy atom. The predicted molar refractivity (Wildman–Crippen MR) is 144 cm³/mol. The highest BCUT2D eigenvalue weighted by molar-refractivity contribution is 5.96. The van der Waals surface area contributed by atoms with E-state index in [2.05, 4.69) is 15.5 Å². The number of alkyl halides is 1. The number of nitrogens with zero attached hydrogens (tertiary/aromatic N) is 3. The van der Waals surface area contributed by atoms with E-state index in [-0.39, 0.29) is 18.5 Å². The Morgan fingerprint density at radius 3 is 2.78 bits per heavy atom. The van der Waals surface area contributed by atoms with Crippen LogP contribution < -0.4 is 22.1 Å². The third-order valence-electron chi connectivity index (χ3n) is 6.17. The lowest BCUT2D eigenvalue weighted by Crippen LogP contribution is -2.41. The number of fused-ring (bicyclic) bond motifs is 1. The zero-order valence-corrected chi connectivity index (χ0v) is 21.4. The van der Waals surface area contributed by atoms with E-state index in [9.17, 15) is 4.39 Å². The number of rotatable bonds is 10. The van der Waals surface area contributed by atoms with Crippen LogP contribution in [0.2, 0.25) is 0 Å². The van der Waals surface area contributed by atoms with Crippen molar-refractivity contribution in [3.05, 3.63) is 71.1 Å². The molecule has 1 fully saturated rings. The van der Waals surface area contributed by atoms with Crippen molar-refractivity contribution in [2.75, 3.05) is 46.4 Å². The van der Waals surface area contributed by atoms with Gasteiger partial charge in [-0.2, -0.15) is 0 Å². The van der Waals surface area contributed by atoms with E-state index < -0.39 is 6.17 Å². The van der Waals surface area contributed by atoms with E-state index in [1.807, 2.05) is 50.2 Å². The number of dihydropyridines is 1. The number of morpholine rings is 1. The smallest absolute Gasteiger partial charge is 0.131 e. The maximum atomic E-state index is 14.4. The molecule has 0 spiro atoms. The summed E-state index contributed by atoms with van der Waals surface area (Å²) < 4.78 is 19.7. The molecule has 0 aromatic carbocycles. The average Bonchev–Trinajstić information content (AvgIpc) is 2.85. The lowest BCUT2D eigenvalue weighted by Gasteiger charge is -2.32. The minimum atomic E-state index is -1.01. The first kappa shape index (κ1) is 27.2. The highest BCUT2D eigenvalue weighted by Crippen LogP contribution is 2.27. The van der Waals surface area contributed by atoms with E-state index in [0.29, 0.717) is 37.0 Å². The molecule has 0 aromatic rings. The number of likely N-dealkylation sites (N-methyl/N-ethyl adjacent to an activating group) is 1. The van der Waals surface area contributed by atoms with Gasteiger partial charge in [0.2, 0.25) is 0 Å². The average molecular weight is 499 g/mol. The summed E-state index contributed by atoms with van der Waals surface area (Å²) in [6.45, 7) is 7.44. The Kier molecular flexibility index (Phi) is 9.89. The number of hydrogen-bond donors (Lipinski definition) is 5. The molecule has 3 rings (SSSR count). The van der Waals surface area contributed by atoms with Crippen molar-refractivity contribution < 1.29 is 9.13 Å². The number of ether oxygens (including phenoxy) is 1. The highest BCUT2D eigenvalue weighted by Gasteiger charge is 2.24. The number of halogens is 1. The predicted octanol–water partition coefficient (Wildman–Crippen LogP) is 1.72. The molecule has 0 aromatic heterocycles. The first-order valence-corrected chi connectivity index (χ1v) is 12.3. The van der Waals surface area contributed by atoms with E-state index in [0.717, 1.165) is 29.9 Å². The third-order valence-corrected chi connectivity index (χ3v) is 6.17. The number of nitrogens with one attached hydrogen (secondary N) is 3. The van der Waals surface area contributed by atoms with Gasteiger partial charge in [-0.05, 0) is 35.9 Å². The standard InChI is InChI=1S/C26H39FN8O/c1-18(2)19(12-28)11-25(30)33-26-5-4-24-23(32-26)10-20(16-34(24)3)21(13-29)14-31-15-22(27)17-35-6-8-36-9-7-35/h4-5,10-14,16,18,22,24,29,31H,6-9,15,17,28,30H2,1-3H3,(H,32,33)/b19-12+,21-14+,25-11+,29-13?. The van der Waals surface area contributed by atoms with E-state index in [1.165, 1.54) is 6.21 Å². The molecule has 36 heavy (non-hydrogen) atoms. The number of hydrogen-bond acceptors (Lipinski definition) is 9. The molecule has 9 nitrogen and oxygen atoms in total. The Balaban J connectivity index is 1.66. The first-order chi connectivity index (χ1) is 17.3. The Bertz CT molecular complexity index is 1000. The van der Waals surface area contributed by atoms with Crippen molar-refractivity contribution in [1.82, 2.24) is 20.4 Å². The second-order valence-electron chi connectivity index (χ2n) is 9.33. The molecule has 0 amide bonds. The van der Waals surface area contributed by atoms with Crippen molar-refractivity contribution >= 4 is 12.1 Å². The van der Waals surface area contributed by atoms with Gasteiger partial charge in [0.15, 0.2) is 0 Å². The molecule has 0 bridgehead atoms. The number of nitrogens with two attached hydrogens (primary N) is 2. The highest BCUT2D eigenvalue weighted by atomic mass is 19.1. The van der Waals surface area contributed by atoms with Crippen LogP contribution in [0.1, 0.15) is 13.8 Å². The number of aliphatic imine (C=N–C) groups is 1. The van der Waals surface area contributed by atoms with Crippen LogP contribution in [0.4, 0.5) is 4.39 Å². The fourth-order valence-electron chi connectivity index (χ4n) is 4.11. The van der Waals surface area contributed by atoms with Gasteiger partial charge in [0.05, 0.1) is 25.0 Å². The van der Waals surface area contributed by atoms with E-state index >= 15 is 0 Å². The van der Waals surface area contributed by atoms with Gasteiger partial charge >= 0.3 is 0 Å². The van der Waals surface area contributed by atoms with Gasteiger partial charge in [-0.25, -0.2) is 9.38 Å². The molecule has 3 aliphatic rings. The molecule has 1 saturated heterocycles. The molecule has 3 heterocycles. The van der Waals surface area contributed by atoms with Crippen molar-refractivity contribution in [3.8, 4) is 0 Å². The molecular weight excluding hydrogens is 459 g/mol. The fourth-order valence-corrected chi connectivity index (χ4v) is 4.11. The summed E-state index contributed by atoms with van der Waals surface area (Å²) in [4.78, 5) is 8.84. The Labute approximate surface area is 213 Å². The van der Waals surface area contributed by atoms with Crippen LogP contribution in [0.3, 0.4) is 0 Å². The molecule has 10 heteroatoms. The van der Waals surface area contributed by atoms with Gasteiger partial charge in [0.25, 0.3) is 0 Å². The summed E-state index contributed by atoms with van der Waals surface area (Å²) in [6.07, 6.45) is 13.1. The van der Waals surface area contributed by atoms with Crippen molar-refractivity contribution in [2.45, 2.75) is 26.1 Å².